The molecule has 10 N–H and O–H groups in total. The van der Waals surface area contributed by atoms with Gasteiger partial charge in [-0.2, -0.15) is 26.8 Å². The molecule has 22 heteroatoms. The molecule has 6 rings (SSSR count). The number of rotatable bonds is 16. The third-order valence-electron chi connectivity index (χ3n) is 8.83. The molecule has 0 radical (unpaired) electrons. The largest absolute Gasteiger partial charge is 0.396 e. The number of hydrogen-bond donors (Lipinski definition) is 10. The SMILES string of the molecule is CNN1C(CCO)=NC(Nc2ccccc2)=NC1Nc1ccc(C=Cc2ccc(NC3N=C(Nc4ccccc4)N=C(CCO)N3NC)cc2S(=O)(=O)O)c(S(=O)(=O)O)c1. The topological polar surface area (TPSA) is 277 Å². The third-order valence-corrected chi connectivity index (χ3v) is 10.7. The fraction of sp³-hybridized carbons (Fsp3) is 0.211. The summed E-state index contributed by atoms with van der Waals surface area (Å²) in [5.41, 5.74) is 7.79. The van der Waals surface area contributed by atoms with Crippen molar-refractivity contribution >= 4 is 78.7 Å². The van der Waals surface area contributed by atoms with Crippen molar-refractivity contribution in [1.29, 1.82) is 0 Å². The zero-order valence-electron chi connectivity index (χ0n) is 32.3. The minimum absolute atomic E-state index is 0.00604. The van der Waals surface area contributed by atoms with E-state index in [-0.39, 0.29) is 60.5 Å². The maximum atomic E-state index is 12.7. The van der Waals surface area contributed by atoms with Gasteiger partial charge in [0.05, 0.1) is 13.2 Å². The Bertz CT molecular complexity index is 2360. The van der Waals surface area contributed by atoms with E-state index in [1.165, 1.54) is 48.6 Å². The van der Waals surface area contributed by atoms with Gasteiger partial charge in [0.15, 0.2) is 0 Å². The third kappa shape index (κ3) is 10.9. The number of hydrazine groups is 2. The first-order valence-electron chi connectivity index (χ1n) is 18.3. The maximum Gasteiger partial charge on any atom is 0.295 e. The fourth-order valence-electron chi connectivity index (χ4n) is 6.16. The van der Waals surface area contributed by atoms with E-state index in [9.17, 15) is 36.2 Å². The highest BCUT2D eigenvalue weighted by atomic mass is 32.2. The molecule has 2 atom stereocenters. The second kappa shape index (κ2) is 19.2. The number of aliphatic hydroxyl groups is 2. The number of nitrogens with one attached hydrogen (secondary N) is 6. The number of anilines is 4. The van der Waals surface area contributed by atoms with Crippen LogP contribution in [0.15, 0.2) is 127 Å². The van der Waals surface area contributed by atoms with E-state index < -0.39 is 42.6 Å². The second-order valence-corrected chi connectivity index (χ2v) is 15.7. The number of benzene rings is 4. The molecule has 4 aromatic rings. The van der Waals surface area contributed by atoms with E-state index in [4.69, 9.17) is 0 Å². The lowest BCUT2D eigenvalue weighted by Crippen LogP contribution is -2.53. The van der Waals surface area contributed by atoms with Gasteiger partial charge in [-0.25, -0.2) is 20.8 Å². The smallest absolute Gasteiger partial charge is 0.295 e. The Morgan fingerprint density at radius 2 is 0.967 bits per heavy atom. The van der Waals surface area contributed by atoms with E-state index in [1.54, 1.807) is 24.1 Å². The molecule has 0 amide bonds. The lowest BCUT2D eigenvalue weighted by Gasteiger charge is -2.34. The molecular weight excluding hydrogens is 817 g/mol. The quantitative estimate of drug-likeness (QED) is 0.0572. The number of nitrogens with zero attached hydrogens (tertiary/aromatic N) is 6. The van der Waals surface area contributed by atoms with Gasteiger partial charge in [-0.1, -0.05) is 60.7 Å². The molecule has 0 saturated heterocycles. The number of guanidine groups is 2. The molecule has 0 bridgehead atoms. The molecule has 4 aromatic carbocycles. The van der Waals surface area contributed by atoms with Crippen molar-refractivity contribution in [3.05, 3.63) is 108 Å². The van der Waals surface area contributed by atoms with Crippen LogP contribution in [0.3, 0.4) is 0 Å². The Kier molecular flexibility index (Phi) is 13.9. The molecule has 2 aliphatic heterocycles. The Balaban J connectivity index is 1.28. The van der Waals surface area contributed by atoms with Crippen LogP contribution in [-0.4, -0.2) is 110 Å². The molecule has 0 saturated carbocycles. The summed E-state index contributed by atoms with van der Waals surface area (Å²) in [4.78, 5) is 17.2. The zero-order valence-corrected chi connectivity index (χ0v) is 33.9. The predicted molar refractivity (Wildman–Crippen MR) is 231 cm³/mol. The van der Waals surface area contributed by atoms with Crippen LogP contribution in [-0.2, 0) is 20.2 Å². The Morgan fingerprint density at radius 3 is 1.30 bits per heavy atom. The van der Waals surface area contributed by atoms with Crippen molar-refractivity contribution in [1.82, 2.24) is 20.9 Å². The molecular formula is C38H44N12O8S2. The second-order valence-electron chi connectivity index (χ2n) is 12.9. The summed E-state index contributed by atoms with van der Waals surface area (Å²) in [6.07, 6.45) is 1.08. The molecule has 0 spiro atoms. The molecule has 316 valence electrons. The van der Waals surface area contributed by atoms with Crippen molar-refractivity contribution in [2.24, 2.45) is 20.0 Å². The molecule has 0 aliphatic carbocycles. The molecule has 2 heterocycles. The van der Waals surface area contributed by atoms with Gasteiger partial charge < -0.3 is 31.5 Å². The lowest BCUT2D eigenvalue weighted by atomic mass is 10.1. The summed E-state index contributed by atoms with van der Waals surface area (Å²) in [7, 11) is -6.45. The van der Waals surface area contributed by atoms with Gasteiger partial charge in [0.1, 0.15) is 21.5 Å². The summed E-state index contributed by atoms with van der Waals surface area (Å²) in [5.74, 6) is 1.28. The minimum Gasteiger partial charge on any atom is -0.396 e. The van der Waals surface area contributed by atoms with Gasteiger partial charge in [0.25, 0.3) is 20.2 Å². The number of amidine groups is 2. The van der Waals surface area contributed by atoms with Crippen LogP contribution < -0.4 is 32.1 Å². The standard InChI is InChI=1S/C38H44N12O8S2/c1-39-49-33(19-21-51)45-35(41-27-9-5-3-6-10-27)47-37(49)43-29-17-15-25(31(23-29)59(53,54)55)13-14-26-16-18-30(24-32(26)60(56,57)58)44-38-48-36(42-28-11-7-4-8-12-28)46-34(20-22-52)50(38)40-2/h3-18,23-24,37-40,43-44,51-52H,19-22H2,1-2H3,(H,41,47)(H,42,48)(H,53,54,55)(H,56,57,58). The van der Waals surface area contributed by atoms with Gasteiger partial charge in [-0.05, 0) is 59.7 Å². The van der Waals surface area contributed by atoms with Gasteiger partial charge >= 0.3 is 0 Å². The predicted octanol–water partition coefficient (Wildman–Crippen LogP) is 3.14. The average Bonchev–Trinajstić information content (AvgIpc) is 3.21. The fourth-order valence-corrected chi connectivity index (χ4v) is 7.58. The van der Waals surface area contributed by atoms with Gasteiger partial charge in [-0.3, -0.25) is 19.1 Å². The highest BCUT2D eigenvalue weighted by molar-refractivity contribution is 7.86. The van der Waals surface area contributed by atoms with E-state index in [0.717, 1.165) is 0 Å². The lowest BCUT2D eigenvalue weighted by molar-refractivity contribution is 0.251. The first-order valence-corrected chi connectivity index (χ1v) is 21.2. The summed E-state index contributed by atoms with van der Waals surface area (Å²) < 4.78 is 71.5. The van der Waals surface area contributed by atoms with Crippen LogP contribution in [0.1, 0.15) is 24.0 Å². The average molecular weight is 861 g/mol. The molecule has 2 unspecified atom stereocenters. The van der Waals surface area contributed by atoms with Gasteiger partial charge in [0.2, 0.25) is 24.5 Å². The van der Waals surface area contributed by atoms with Gasteiger partial charge in [-0.15, -0.1) is 0 Å². The molecule has 60 heavy (non-hydrogen) atoms. The Morgan fingerprint density at radius 1 is 0.583 bits per heavy atom. The van der Waals surface area contributed by atoms with Crippen molar-refractivity contribution < 1.29 is 36.2 Å². The minimum atomic E-state index is -4.85. The Labute approximate surface area is 346 Å². The summed E-state index contributed by atoms with van der Waals surface area (Å²) in [5, 5.41) is 35.0. The number of para-hydroxylation sites is 2. The van der Waals surface area contributed by atoms with Gasteiger partial charge in [0, 0.05) is 49.7 Å². The number of aliphatic imine (C=N–C) groups is 4. The van der Waals surface area contributed by atoms with Crippen molar-refractivity contribution in [2.75, 3.05) is 48.6 Å². The monoisotopic (exact) mass is 860 g/mol. The number of aliphatic hydroxyl groups excluding tert-OH is 2. The highest BCUT2D eigenvalue weighted by Gasteiger charge is 2.28. The van der Waals surface area contributed by atoms with E-state index in [2.05, 4.69) is 52.1 Å². The van der Waals surface area contributed by atoms with Crippen LogP contribution in [0.5, 0.6) is 0 Å². The molecule has 0 fully saturated rings. The molecule has 2 aliphatic rings. The normalized spacial score (nSPS) is 17.1. The van der Waals surface area contributed by atoms with Crippen molar-refractivity contribution in [3.63, 3.8) is 0 Å². The zero-order chi connectivity index (χ0) is 42.9. The summed E-state index contributed by atoms with van der Waals surface area (Å²) in [6, 6.07) is 26.6. The van der Waals surface area contributed by atoms with Crippen LogP contribution >= 0.6 is 0 Å². The summed E-state index contributed by atoms with van der Waals surface area (Å²) >= 11 is 0. The van der Waals surface area contributed by atoms with Crippen molar-refractivity contribution in [3.8, 4) is 0 Å². The Hall–Kier alpha value is -6.24. The van der Waals surface area contributed by atoms with Crippen LogP contribution in [0.25, 0.3) is 12.2 Å². The van der Waals surface area contributed by atoms with Crippen LogP contribution in [0.4, 0.5) is 22.7 Å². The van der Waals surface area contributed by atoms with Crippen molar-refractivity contribution in [2.45, 2.75) is 35.2 Å². The number of hydrogen-bond acceptors (Lipinski definition) is 18. The molecule has 20 nitrogen and oxygen atoms in total. The van der Waals surface area contributed by atoms with E-state index in [1.807, 2.05) is 60.7 Å². The highest BCUT2D eigenvalue weighted by Crippen LogP contribution is 2.28. The van der Waals surface area contributed by atoms with Crippen LogP contribution in [0.2, 0.25) is 0 Å². The first-order chi connectivity index (χ1) is 28.8. The van der Waals surface area contributed by atoms with E-state index >= 15 is 0 Å². The van der Waals surface area contributed by atoms with Crippen LogP contribution in [0, 0.1) is 0 Å². The van der Waals surface area contributed by atoms with E-state index in [0.29, 0.717) is 23.0 Å². The molecule has 0 aromatic heterocycles. The summed E-state index contributed by atoms with van der Waals surface area (Å²) in [6.45, 7) is -0.428. The first kappa shape index (κ1) is 43.3. The maximum absolute atomic E-state index is 12.7.